The Labute approximate surface area is 103 Å². The topological polar surface area (TPSA) is 35.5 Å². The summed E-state index contributed by atoms with van der Waals surface area (Å²) in [5.74, 6) is 0.712. The Bertz CT molecular complexity index is 371. The first kappa shape index (κ1) is 13.6. The van der Waals surface area contributed by atoms with Crippen LogP contribution >= 0.6 is 0 Å². The molecule has 1 aromatic rings. The number of rotatable bonds is 5. The fraction of sp³-hybridized carbons (Fsp3) is 0.500. The van der Waals surface area contributed by atoms with Gasteiger partial charge >= 0.3 is 5.97 Å². The number of hydrogen-bond donors (Lipinski definition) is 0. The highest BCUT2D eigenvalue weighted by molar-refractivity contribution is 5.74. The zero-order valence-corrected chi connectivity index (χ0v) is 10.9. The first-order chi connectivity index (χ1) is 7.99. The third-order valence-corrected chi connectivity index (χ3v) is 2.19. The number of carbonyl (C=O) groups excluding carboxylic acids is 1. The van der Waals surface area contributed by atoms with E-state index in [4.69, 9.17) is 9.47 Å². The van der Waals surface area contributed by atoms with Crippen LogP contribution < -0.4 is 4.74 Å². The minimum Gasteiger partial charge on any atom is -0.479 e. The Balaban J connectivity index is 2.48. The van der Waals surface area contributed by atoms with Gasteiger partial charge in [-0.15, -0.1) is 0 Å². The van der Waals surface area contributed by atoms with E-state index in [0.717, 1.165) is 5.56 Å². The van der Waals surface area contributed by atoms with E-state index in [1.54, 1.807) is 6.92 Å². The summed E-state index contributed by atoms with van der Waals surface area (Å²) in [5, 5.41) is 0. The molecule has 0 bridgehead atoms. The van der Waals surface area contributed by atoms with Crippen LogP contribution in [-0.2, 0) is 9.53 Å². The van der Waals surface area contributed by atoms with Crippen molar-refractivity contribution < 1.29 is 14.3 Å². The Morgan fingerprint density at radius 2 is 2.00 bits per heavy atom. The fourth-order valence-electron chi connectivity index (χ4n) is 1.31. The van der Waals surface area contributed by atoms with E-state index in [9.17, 15) is 4.79 Å². The molecule has 1 atom stereocenters. The number of carbonyl (C=O) groups is 1. The predicted octanol–water partition coefficient (Wildman–Crippen LogP) is 2.96. The van der Waals surface area contributed by atoms with Crippen molar-refractivity contribution in [2.24, 2.45) is 5.92 Å². The van der Waals surface area contributed by atoms with Gasteiger partial charge in [0.15, 0.2) is 6.10 Å². The molecule has 0 spiro atoms. The third-order valence-electron chi connectivity index (χ3n) is 2.19. The fourth-order valence-corrected chi connectivity index (χ4v) is 1.31. The molecule has 0 saturated heterocycles. The first-order valence-electron chi connectivity index (χ1n) is 5.89. The molecule has 0 aromatic heterocycles. The monoisotopic (exact) mass is 236 g/mol. The van der Waals surface area contributed by atoms with Crippen molar-refractivity contribution in [1.29, 1.82) is 0 Å². The van der Waals surface area contributed by atoms with Gasteiger partial charge in [0.05, 0.1) is 6.61 Å². The lowest BCUT2D eigenvalue weighted by molar-refractivity contribution is -0.152. The van der Waals surface area contributed by atoms with E-state index in [2.05, 4.69) is 0 Å². The van der Waals surface area contributed by atoms with Crippen molar-refractivity contribution >= 4 is 5.97 Å². The van der Waals surface area contributed by atoms with Crippen LogP contribution in [0.1, 0.15) is 26.3 Å². The number of aryl methyl sites for hydroxylation is 1. The van der Waals surface area contributed by atoms with E-state index >= 15 is 0 Å². The van der Waals surface area contributed by atoms with Gasteiger partial charge in [-0.2, -0.15) is 0 Å². The molecule has 0 N–H and O–H groups in total. The Hall–Kier alpha value is -1.51. The second kappa shape index (κ2) is 6.28. The van der Waals surface area contributed by atoms with E-state index in [-0.39, 0.29) is 5.97 Å². The van der Waals surface area contributed by atoms with E-state index < -0.39 is 6.10 Å². The lowest BCUT2D eigenvalue weighted by Crippen LogP contribution is -2.27. The molecule has 0 heterocycles. The lowest BCUT2D eigenvalue weighted by Gasteiger charge is -2.15. The first-order valence-corrected chi connectivity index (χ1v) is 5.89. The molecule has 3 nitrogen and oxygen atoms in total. The SMILES string of the molecule is Cc1cccc(OC(C)C(=O)OCC(C)C)c1. The van der Waals surface area contributed by atoms with Gasteiger partial charge in [0, 0.05) is 0 Å². The summed E-state index contributed by atoms with van der Waals surface area (Å²) < 4.78 is 10.6. The molecular weight excluding hydrogens is 216 g/mol. The van der Waals surface area contributed by atoms with Crippen LogP contribution in [0.5, 0.6) is 5.75 Å². The van der Waals surface area contributed by atoms with E-state index in [1.165, 1.54) is 0 Å². The van der Waals surface area contributed by atoms with Gasteiger partial charge in [0.2, 0.25) is 0 Å². The van der Waals surface area contributed by atoms with Gasteiger partial charge < -0.3 is 9.47 Å². The van der Waals surface area contributed by atoms with Crippen molar-refractivity contribution in [2.75, 3.05) is 6.61 Å². The zero-order chi connectivity index (χ0) is 12.8. The third kappa shape index (κ3) is 4.89. The van der Waals surface area contributed by atoms with Crippen molar-refractivity contribution in [3.63, 3.8) is 0 Å². The van der Waals surface area contributed by atoms with Crippen LogP contribution in [0.2, 0.25) is 0 Å². The molecule has 3 heteroatoms. The Morgan fingerprint density at radius 1 is 1.29 bits per heavy atom. The smallest absolute Gasteiger partial charge is 0.347 e. The van der Waals surface area contributed by atoms with Crippen molar-refractivity contribution in [1.82, 2.24) is 0 Å². The molecule has 0 radical (unpaired) electrons. The van der Waals surface area contributed by atoms with Gasteiger partial charge in [-0.05, 0) is 37.5 Å². The summed E-state index contributed by atoms with van der Waals surface area (Å²) in [7, 11) is 0. The van der Waals surface area contributed by atoms with Gasteiger partial charge in [-0.25, -0.2) is 4.79 Å². The average molecular weight is 236 g/mol. The molecule has 1 rings (SSSR count). The molecule has 0 amide bonds. The molecule has 1 unspecified atom stereocenters. The van der Waals surface area contributed by atoms with Crippen LogP contribution in [0.25, 0.3) is 0 Å². The van der Waals surface area contributed by atoms with Gasteiger partial charge in [-0.3, -0.25) is 0 Å². The molecule has 94 valence electrons. The number of esters is 1. The van der Waals surface area contributed by atoms with Crippen LogP contribution in [0.4, 0.5) is 0 Å². The van der Waals surface area contributed by atoms with Crippen LogP contribution in [-0.4, -0.2) is 18.7 Å². The predicted molar refractivity (Wildman–Crippen MR) is 67.1 cm³/mol. The minimum atomic E-state index is -0.574. The lowest BCUT2D eigenvalue weighted by atomic mass is 10.2. The van der Waals surface area contributed by atoms with Crippen molar-refractivity contribution in [2.45, 2.75) is 33.8 Å². The van der Waals surface area contributed by atoms with E-state index in [1.807, 2.05) is 45.0 Å². The van der Waals surface area contributed by atoms with Gasteiger partial charge in [0.1, 0.15) is 5.75 Å². The maximum Gasteiger partial charge on any atom is 0.347 e. The Kier molecular flexibility index (Phi) is 5.01. The highest BCUT2D eigenvalue weighted by atomic mass is 16.6. The van der Waals surface area contributed by atoms with Gasteiger partial charge in [0.25, 0.3) is 0 Å². The number of ether oxygens (including phenoxy) is 2. The summed E-state index contributed by atoms with van der Waals surface area (Å²) in [5.41, 5.74) is 1.10. The summed E-state index contributed by atoms with van der Waals surface area (Å²) in [6, 6.07) is 7.61. The molecule has 0 aliphatic carbocycles. The van der Waals surface area contributed by atoms with Crippen LogP contribution in [0.15, 0.2) is 24.3 Å². The standard InChI is InChI=1S/C14H20O3/c1-10(2)9-16-14(15)12(4)17-13-7-5-6-11(3)8-13/h5-8,10,12H,9H2,1-4H3. The highest BCUT2D eigenvalue weighted by Crippen LogP contribution is 2.14. The largest absolute Gasteiger partial charge is 0.479 e. The zero-order valence-electron chi connectivity index (χ0n) is 10.9. The Morgan fingerprint density at radius 3 is 2.59 bits per heavy atom. The maximum absolute atomic E-state index is 11.6. The molecule has 0 saturated carbocycles. The van der Waals surface area contributed by atoms with Crippen LogP contribution in [0, 0.1) is 12.8 Å². The quantitative estimate of drug-likeness (QED) is 0.737. The molecule has 0 fully saturated rings. The highest BCUT2D eigenvalue weighted by Gasteiger charge is 2.16. The summed E-state index contributed by atoms with van der Waals surface area (Å²) in [6.45, 7) is 8.11. The number of benzene rings is 1. The molecule has 0 aliphatic heterocycles. The van der Waals surface area contributed by atoms with E-state index in [0.29, 0.717) is 18.3 Å². The maximum atomic E-state index is 11.6. The second-order valence-electron chi connectivity index (χ2n) is 4.60. The van der Waals surface area contributed by atoms with Crippen molar-refractivity contribution in [3.05, 3.63) is 29.8 Å². The molecule has 1 aromatic carbocycles. The molecule has 0 aliphatic rings. The van der Waals surface area contributed by atoms with Gasteiger partial charge in [-0.1, -0.05) is 26.0 Å². The summed E-state index contributed by atoms with van der Waals surface area (Å²) in [4.78, 5) is 11.6. The van der Waals surface area contributed by atoms with Crippen LogP contribution in [0.3, 0.4) is 0 Å². The summed E-state index contributed by atoms with van der Waals surface area (Å²) in [6.07, 6.45) is -0.574. The summed E-state index contributed by atoms with van der Waals surface area (Å²) >= 11 is 0. The average Bonchev–Trinajstić information content (AvgIpc) is 2.25. The molecular formula is C14H20O3. The van der Waals surface area contributed by atoms with Crippen molar-refractivity contribution in [3.8, 4) is 5.75 Å². The number of hydrogen-bond acceptors (Lipinski definition) is 3. The minimum absolute atomic E-state index is 0.319. The second-order valence-corrected chi connectivity index (χ2v) is 4.60. The molecule has 17 heavy (non-hydrogen) atoms. The normalized spacial score (nSPS) is 12.3.